The van der Waals surface area contributed by atoms with Crippen molar-refractivity contribution in [2.45, 2.75) is 38.3 Å². The van der Waals surface area contributed by atoms with Crippen LogP contribution in [0.5, 0.6) is 5.75 Å². The number of fused-ring (bicyclic) bond motifs is 3. The van der Waals surface area contributed by atoms with Crippen molar-refractivity contribution in [1.82, 2.24) is 9.21 Å². The summed E-state index contributed by atoms with van der Waals surface area (Å²) >= 11 is 0. The van der Waals surface area contributed by atoms with Gasteiger partial charge in [0, 0.05) is 32.2 Å². The highest BCUT2D eigenvalue weighted by molar-refractivity contribution is 7.89. The minimum absolute atomic E-state index is 0. The van der Waals surface area contributed by atoms with Crippen LogP contribution in [0.1, 0.15) is 36.9 Å². The van der Waals surface area contributed by atoms with E-state index >= 15 is 0 Å². The standard InChI is InChI=1S/C17H26N2O3S.ClH/c1-4-23(20,21)18(2)14-8-10-19-9-7-13-11-15(22-3)5-6-16(13)17(19)12-14;/h5-6,11,14,17H,4,7-10,12H2,1-3H3;1H/t14-,17+;/m1./s1. The average Bonchev–Trinajstić information content (AvgIpc) is 2.59. The molecule has 0 aromatic heterocycles. The van der Waals surface area contributed by atoms with E-state index in [4.69, 9.17) is 4.74 Å². The Morgan fingerprint density at radius 2 is 2.08 bits per heavy atom. The molecule has 3 rings (SSSR count). The minimum Gasteiger partial charge on any atom is -0.497 e. The maximum absolute atomic E-state index is 12.2. The fraction of sp³-hybridized carbons (Fsp3) is 0.647. The third-order valence-corrected chi connectivity index (χ3v) is 7.29. The lowest BCUT2D eigenvalue weighted by atomic mass is 9.85. The SMILES string of the molecule is CCS(=O)(=O)N(C)[C@@H]1CCN2CCc3cc(OC)ccc3[C@@H]2C1.Cl. The van der Waals surface area contributed by atoms with E-state index in [0.717, 1.165) is 38.1 Å². The second-order valence-electron chi connectivity index (χ2n) is 6.46. The van der Waals surface area contributed by atoms with Gasteiger partial charge in [-0.3, -0.25) is 4.90 Å². The van der Waals surface area contributed by atoms with E-state index < -0.39 is 10.0 Å². The Balaban J connectivity index is 0.00000208. The second kappa shape index (κ2) is 7.60. The summed E-state index contributed by atoms with van der Waals surface area (Å²) in [5.74, 6) is 1.07. The molecule has 136 valence electrons. The molecule has 1 saturated heterocycles. The summed E-state index contributed by atoms with van der Waals surface area (Å²) in [7, 11) is 0.297. The molecule has 24 heavy (non-hydrogen) atoms. The molecule has 2 heterocycles. The summed E-state index contributed by atoms with van der Waals surface area (Å²) in [5, 5.41) is 0. The number of nitrogens with zero attached hydrogens (tertiary/aromatic N) is 2. The molecule has 1 aromatic rings. The summed E-state index contributed by atoms with van der Waals surface area (Å²) in [6.45, 7) is 3.72. The molecule has 0 radical (unpaired) electrons. The molecular weight excluding hydrogens is 348 g/mol. The van der Waals surface area contributed by atoms with Gasteiger partial charge in [0.15, 0.2) is 0 Å². The fourth-order valence-electron chi connectivity index (χ4n) is 3.86. The number of hydrogen-bond acceptors (Lipinski definition) is 4. The lowest BCUT2D eigenvalue weighted by molar-refractivity contribution is 0.0969. The number of rotatable bonds is 4. The highest BCUT2D eigenvalue weighted by Crippen LogP contribution is 2.39. The minimum atomic E-state index is -3.13. The molecule has 2 atom stereocenters. The maximum Gasteiger partial charge on any atom is 0.213 e. The van der Waals surface area contributed by atoms with Crippen LogP contribution in [0.15, 0.2) is 18.2 Å². The molecule has 1 aromatic carbocycles. The summed E-state index contributed by atoms with van der Waals surface area (Å²) in [6, 6.07) is 6.70. The average molecular weight is 375 g/mol. The Labute approximate surface area is 151 Å². The first kappa shape index (κ1) is 19.5. The van der Waals surface area contributed by atoms with Crippen LogP contribution >= 0.6 is 12.4 Å². The Morgan fingerprint density at radius 1 is 1.33 bits per heavy atom. The molecule has 0 amide bonds. The molecule has 5 nitrogen and oxygen atoms in total. The van der Waals surface area contributed by atoms with Crippen LogP contribution in [0.2, 0.25) is 0 Å². The highest BCUT2D eigenvalue weighted by Gasteiger charge is 2.37. The zero-order chi connectivity index (χ0) is 16.6. The predicted octanol–water partition coefficient (Wildman–Crippen LogP) is 2.46. The van der Waals surface area contributed by atoms with Gasteiger partial charge in [-0.05, 0) is 49.4 Å². The van der Waals surface area contributed by atoms with Gasteiger partial charge in [-0.2, -0.15) is 0 Å². The van der Waals surface area contributed by atoms with Crippen LogP contribution in [-0.4, -0.2) is 56.7 Å². The molecule has 2 aliphatic rings. The largest absolute Gasteiger partial charge is 0.497 e. The normalized spacial score (nSPS) is 24.0. The lowest BCUT2D eigenvalue weighted by Crippen LogP contribution is -2.49. The zero-order valence-corrected chi connectivity index (χ0v) is 16.2. The Bertz CT molecular complexity index is 680. The van der Waals surface area contributed by atoms with Crippen LogP contribution < -0.4 is 4.74 Å². The molecule has 1 fully saturated rings. The second-order valence-corrected chi connectivity index (χ2v) is 8.78. The van der Waals surface area contributed by atoms with Crippen LogP contribution in [0, 0.1) is 0 Å². The molecule has 0 aliphatic carbocycles. The maximum atomic E-state index is 12.2. The van der Waals surface area contributed by atoms with Gasteiger partial charge < -0.3 is 4.74 Å². The smallest absolute Gasteiger partial charge is 0.213 e. The molecule has 0 bridgehead atoms. The van der Waals surface area contributed by atoms with E-state index in [1.165, 1.54) is 11.1 Å². The first-order valence-electron chi connectivity index (χ1n) is 8.33. The molecule has 2 aliphatic heterocycles. The third-order valence-electron chi connectivity index (χ3n) is 5.38. The zero-order valence-electron chi connectivity index (χ0n) is 14.6. The summed E-state index contributed by atoms with van der Waals surface area (Å²) in [4.78, 5) is 2.50. The van der Waals surface area contributed by atoms with Gasteiger partial charge in [-0.1, -0.05) is 6.07 Å². The van der Waals surface area contributed by atoms with E-state index in [1.54, 1.807) is 25.4 Å². The number of sulfonamides is 1. The predicted molar refractivity (Wildman–Crippen MR) is 98.5 cm³/mol. The first-order chi connectivity index (χ1) is 11.0. The quantitative estimate of drug-likeness (QED) is 0.812. The lowest BCUT2D eigenvalue weighted by Gasteiger charge is -2.45. The molecule has 7 heteroatoms. The van der Waals surface area contributed by atoms with E-state index in [1.807, 2.05) is 6.07 Å². The first-order valence-corrected chi connectivity index (χ1v) is 9.93. The number of benzene rings is 1. The van der Waals surface area contributed by atoms with Crippen molar-refractivity contribution in [2.24, 2.45) is 0 Å². The van der Waals surface area contributed by atoms with Crippen molar-refractivity contribution >= 4 is 22.4 Å². The summed E-state index contributed by atoms with van der Waals surface area (Å²) in [5.41, 5.74) is 2.68. The van der Waals surface area contributed by atoms with Crippen molar-refractivity contribution in [3.63, 3.8) is 0 Å². The van der Waals surface area contributed by atoms with Crippen molar-refractivity contribution in [1.29, 1.82) is 0 Å². The van der Waals surface area contributed by atoms with Crippen LogP contribution in [0.25, 0.3) is 0 Å². The number of methoxy groups -OCH3 is 1. The van der Waals surface area contributed by atoms with Crippen molar-refractivity contribution < 1.29 is 13.2 Å². The molecule has 0 spiro atoms. The third kappa shape index (κ3) is 3.57. The van der Waals surface area contributed by atoms with Crippen LogP contribution in [0.3, 0.4) is 0 Å². The van der Waals surface area contributed by atoms with Crippen LogP contribution in [0.4, 0.5) is 0 Å². The van der Waals surface area contributed by atoms with E-state index in [-0.39, 0.29) is 24.2 Å². The molecule has 0 saturated carbocycles. The molecular formula is C17H27ClN2O3S. The Hall–Kier alpha value is -0.820. The number of hydrogen-bond donors (Lipinski definition) is 0. The van der Waals surface area contributed by atoms with Gasteiger partial charge in [0.1, 0.15) is 5.75 Å². The summed E-state index contributed by atoms with van der Waals surface area (Å²) < 4.78 is 31.3. The van der Waals surface area contributed by atoms with E-state index in [0.29, 0.717) is 6.04 Å². The highest BCUT2D eigenvalue weighted by atomic mass is 35.5. The van der Waals surface area contributed by atoms with Gasteiger partial charge in [0.05, 0.1) is 12.9 Å². The Kier molecular flexibility index (Phi) is 6.18. The van der Waals surface area contributed by atoms with Gasteiger partial charge in [-0.15, -0.1) is 12.4 Å². The number of piperidine rings is 1. The molecule has 0 N–H and O–H groups in total. The van der Waals surface area contributed by atoms with Crippen LogP contribution in [-0.2, 0) is 16.4 Å². The van der Waals surface area contributed by atoms with Gasteiger partial charge in [0.2, 0.25) is 10.0 Å². The monoisotopic (exact) mass is 374 g/mol. The van der Waals surface area contributed by atoms with E-state index in [2.05, 4.69) is 17.0 Å². The van der Waals surface area contributed by atoms with Crippen molar-refractivity contribution in [3.8, 4) is 5.75 Å². The Morgan fingerprint density at radius 3 is 2.75 bits per heavy atom. The van der Waals surface area contributed by atoms with E-state index in [9.17, 15) is 8.42 Å². The summed E-state index contributed by atoms with van der Waals surface area (Å²) in [6.07, 6.45) is 2.82. The fourth-order valence-corrected chi connectivity index (χ4v) is 4.92. The molecule has 0 unspecified atom stereocenters. The van der Waals surface area contributed by atoms with Crippen molar-refractivity contribution in [2.75, 3.05) is 33.0 Å². The van der Waals surface area contributed by atoms with Gasteiger partial charge in [-0.25, -0.2) is 12.7 Å². The van der Waals surface area contributed by atoms with Gasteiger partial charge in [0.25, 0.3) is 0 Å². The topological polar surface area (TPSA) is 49.9 Å². The number of ether oxygens (including phenoxy) is 1. The van der Waals surface area contributed by atoms with Gasteiger partial charge >= 0.3 is 0 Å². The van der Waals surface area contributed by atoms with Crippen molar-refractivity contribution in [3.05, 3.63) is 29.3 Å². The number of halogens is 1.